The molecule has 2 saturated heterocycles. The zero-order valence-corrected chi connectivity index (χ0v) is 21.8. The molecule has 0 N–H and O–H groups in total. The summed E-state index contributed by atoms with van der Waals surface area (Å²) in [5, 5.41) is 11.8. The van der Waals surface area contributed by atoms with Crippen LogP contribution in [0.15, 0.2) is 77.7 Å². The highest BCUT2D eigenvalue weighted by Crippen LogP contribution is 2.34. The van der Waals surface area contributed by atoms with Gasteiger partial charge in [-0.1, -0.05) is 30.3 Å². The monoisotopic (exact) mass is 539 g/mol. The topological polar surface area (TPSA) is 90.2 Å². The van der Waals surface area contributed by atoms with Crippen LogP contribution < -0.4 is 9.80 Å². The van der Waals surface area contributed by atoms with Crippen LogP contribution in [-0.2, 0) is 16.6 Å². The SMILES string of the molecule is O=[N+]([O-])c1ccc(N2CCN(S(=O)(=O)c3ccc(F)cc3)CC2)cc1N1CCN(Cc2ccccc2)CC1. The molecule has 200 valence electrons. The van der Waals surface area contributed by atoms with E-state index in [0.29, 0.717) is 31.9 Å². The Bertz CT molecular complexity index is 1370. The Hall–Kier alpha value is -3.54. The van der Waals surface area contributed by atoms with Gasteiger partial charge in [0.1, 0.15) is 11.5 Å². The molecule has 0 saturated carbocycles. The fraction of sp³-hybridized carbons (Fsp3) is 0.333. The van der Waals surface area contributed by atoms with Crippen LogP contribution in [0.25, 0.3) is 0 Å². The molecule has 9 nitrogen and oxygen atoms in total. The van der Waals surface area contributed by atoms with Crippen molar-refractivity contribution in [2.45, 2.75) is 11.4 Å². The molecule has 0 aromatic heterocycles. The first-order valence-corrected chi connectivity index (χ1v) is 14.1. The Labute approximate surface area is 221 Å². The van der Waals surface area contributed by atoms with E-state index in [1.165, 1.54) is 22.0 Å². The van der Waals surface area contributed by atoms with E-state index in [1.54, 1.807) is 12.1 Å². The zero-order chi connectivity index (χ0) is 26.7. The van der Waals surface area contributed by atoms with E-state index in [1.807, 2.05) is 24.3 Å². The number of nitrogens with zero attached hydrogens (tertiary/aromatic N) is 5. The number of sulfonamides is 1. The predicted octanol–water partition coefficient (Wildman–Crippen LogP) is 3.57. The quantitative estimate of drug-likeness (QED) is 0.335. The fourth-order valence-electron chi connectivity index (χ4n) is 5.05. The van der Waals surface area contributed by atoms with Gasteiger partial charge in [-0.25, -0.2) is 12.8 Å². The third kappa shape index (κ3) is 5.64. The second-order valence-electron chi connectivity index (χ2n) is 9.52. The summed E-state index contributed by atoms with van der Waals surface area (Å²) in [4.78, 5) is 18.0. The first kappa shape index (κ1) is 26.1. The minimum Gasteiger partial charge on any atom is -0.369 e. The molecule has 38 heavy (non-hydrogen) atoms. The van der Waals surface area contributed by atoms with E-state index in [9.17, 15) is 22.9 Å². The lowest BCUT2D eigenvalue weighted by atomic mass is 10.1. The van der Waals surface area contributed by atoms with Gasteiger partial charge in [0, 0.05) is 70.7 Å². The van der Waals surface area contributed by atoms with Gasteiger partial charge in [0.2, 0.25) is 10.0 Å². The van der Waals surface area contributed by atoms with Crippen molar-refractivity contribution in [1.29, 1.82) is 0 Å². The molecule has 0 radical (unpaired) electrons. The van der Waals surface area contributed by atoms with Gasteiger partial charge in [-0.15, -0.1) is 0 Å². The molecule has 0 aliphatic carbocycles. The first-order valence-electron chi connectivity index (χ1n) is 12.6. The second kappa shape index (κ2) is 11.1. The maximum Gasteiger partial charge on any atom is 0.292 e. The highest BCUT2D eigenvalue weighted by molar-refractivity contribution is 7.89. The fourth-order valence-corrected chi connectivity index (χ4v) is 6.47. The largest absolute Gasteiger partial charge is 0.369 e. The molecule has 2 heterocycles. The van der Waals surface area contributed by atoms with Crippen LogP contribution in [0.5, 0.6) is 0 Å². The standard InChI is InChI=1S/C27H30FN5O4S/c28-23-6-9-25(10-7-23)38(36,37)32-18-16-30(17-19-32)24-8-11-26(33(34)35)27(20-24)31-14-12-29(13-15-31)21-22-4-2-1-3-5-22/h1-11,20H,12-19,21H2. The molecule has 0 atom stereocenters. The van der Waals surface area contributed by atoms with Crippen LogP contribution in [-0.4, -0.2) is 74.9 Å². The summed E-state index contributed by atoms with van der Waals surface area (Å²) in [6, 6.07) is 20.2. The Morgan fingerprint density at radius 2 is 1.42 bits per heavy atom. The summed E-state index contributed by atoms with van der Waals surface area (Å²) in [6.07, 6.45) is 0. The number of rotatable bonds is 7. The minimum atomic E-state index is -3.72. The van der Waals surface area contributed by atoms with Crippen molar-refractivity contribution in [1.82, 2.24) is 9.21 Å². The lowest BCUT2D eigenvalue weighted by Crippen LogP contribution is -2.49. The third-order valence-corrected chi connectivity index (χ3v) is 9.09. The number of hydrogen-bond acceptors (Lipinski definition) is 7. The van der Waals surface area contributed by atoms with E-state index >= 15 is 0 Å². The number of anilines is 2. The summed E-state index contributed by atoms with van der Waals surface area (Å²) < 4.78 is 40.6. The number of nitro benzene ring substituents is 1. The van der Waals surface area contributed by atoms with Crippen LogP contribution in [0, 0.1) is 15.9 Å². The zero-order valence-electron chi connectivity index (χ0n) is 20.9. The van der Waals surface area contributed by atoms with E-state index < -0.39 is 15.8 Å². The molecule has 0 bridgehead atoms. The molecule has 2 aliphatic heterocycles. The molecule has 11 heteroatoms. The third-order valence-electron chi connectivity index (χ3n) is 7.17. The smallest absolute Gasteiger partial charge is 0.292 e. The van der Waals surface area contributed by atoms with Crippen molar-refractivity contribution in [2.24, 2.45) is 0 Å². The average Bonchev–Trinajstić information content (AvgIpc) is 2.94. The molecule has 3 aromatic carbocycles. The van der Waals surface area contributed by atoms with Crippen molar-refractivity contribution in [3.05, 3.63) is 94.3 Å². The van der Waals surface area contributed by atoms with Crippen LogP contribution >= 0.6 is 0 Å². The highest BCUT2D eigenvalue weighted by atomic mass is 32.2. The predicted molar refractivity (Wildman–Crippen MR) is 144 cm³/mol. The van der Waals surface area contributed by atoms with Gasteiger partial charge in [-0.05, 0) is 42.0 Å². The molecule has 3 aromatic rings. The van der Waals surface area contributed by atoms with Crippen LogP contribution in [0.4, 0.5) is 21.5 Å². The lowest BCUT2D eigenvalue weighted by Gasteiger charge is -2.37. The summed E-state index contributed by atoms with van der Waals surface area (Å²) in [7, 11) is -3.72. The maximum absolute atomic E-state index is 13.2. The summed E-state index contributed by atoms with van der Waals surface area (Å²) in [5.41, 5.74) is 2.74. The molecule has 0 spiro atoms. The van der Waals surface area contributed by atoms with Crippen molar-refractivity contribution in [2.75, 3.05) is 62.2 Å². The van der Waals surface area contributed by atoms with E-state index in [4.69, 9.17) is 0 Å². The Morgan fingerprint density at radius 3 is 2.05 bits per heavy atom. The average molecular weight is 540 g/mol. The molecule has 0 unspecified atom stereocenters. The van der Waals surface area contributed by atoms with Crippen molar-refractivity contribution >= 4 is 27.1 Å². The number of nitro groups is 1. The Kier molecular flexibility index (Phi) is 7.59. The molecular weight excluding hydrogens is 509 g/mol. The van der Waals surface area contributed by atoms with Crippen LogP contribution in [0.3, 0.4) is 0 Å². The molecular formula is C27H30FN5O4S. The first-order chi connectivity index (χ1) is 18.3. The maximum atomic E-state index is 13.2. The van der Waals surface area contributed by atoms with Crippen molar-refractivity contribution in [3.63, 3.8) is 0 Å². The van der Waals surface area contributed by atoms with Gasteiger partial charge in [-0.3, -0.25) is 15.0 Å². The summed E-state index contributed by atoms with van der Waals surface area (Å²) in [5.74, 6) is -0.486. The van der Waals surface area contributed by atoms with E-state index in [2.05, 4.69) is 26.8 Å². The van der Waals surface area contributed by atoms with Crippen LogP contribution in [0.1, 0.15) is 5.56 Å². The minimum absolute atomic E-state index is 0.0661. The Balaban J connectivity index is 1.26. The number of halogens is 1. The van der Waals surface area contributed by atoms with E-state index in [-0.39, 0.29) is 28.6 Å². The molecule has 2 aliphatic rings. The lowest BCUT2D eigenvalue weighted by molar-refractivity contribution is -0.384. The van der Waals surface area contributed by atoms with E-state index in [0.717, 1.165) is 37.5 Å². The Morgan fingerprint density at radius 1 is 0.789 bits per heavy atom. The van der Waals surface area contributed by atoms with Crippen molar-refractivity contribution in [3.8, 4) is 0 Å². The van der Waals surface area contributed by atoms with Crippen LogP contribution in [0.2, 0.25) is 0 Å². The van der Waals surface area contributed by atoms with Gasteiger partial charge >= 0.3 is 0 Å². The number of piperazine rings is 2. The van der Waals surface area contributed by atoms with Gasteiger partial charge in [0.05, 0.1) is 9.82 Å². The van der Waals surface area contributed by atoms with Gasteiger partial charge in [0.25, 0.3) is 5.69 Å². The number of benzene rings is 3. The van der Waals surface area contributed by atoms with Gasteiger partial charge in [0.15, 0.2) is 0 Å². The van der Waals surface area contributed by atoms with Gasteiger partial charge < -0.3 is 9.80 Å². The molecule has 0 amide bonds. The molecule has 2 fully saturated rings. The summed E-state index contributed by atoms with van der Waals surface area (Å²) in [6.45, 7) is 5.25. The molecule has 5 rings (SSSR count). The highest BCUT2D eigenvalue weighted by Gasteiger charge is 2.30. The van der Waals surface area contributed by atoms with Crippen molar-refractivity contribution < 1.29 is 17.7 Å². The summed E-state index contributed by atoms with van der Waals surface area (Å²) >= 11 is 0. The van der Waals surface area contributed by atoms with Gasteiger partial charge in [-0.2, -0.15) is 4.31 Å². The number of hydrogen-bond donors (Lipinski definition) is 0. The second-order valence-corrected chi connectivity index (χ2v) is 11.5. The normalized spacial score (nSPS) is 17.5.